The van der Waals surface area contributed by atoms with Crippen LogP contribution in [0.15, 0.2) is 24.3 Å². The van der Waals surface area contributed by atoms with E-state index in [1.807, 2.05) is 0 Å². The van der Waals surface area contributed by atoms with Crippen molar-refractivity contribution >= 4 is 29.4 Å². The molecule has 0 bridgehead atoms. The van der Waals surface area contributed by atoms with Crippen LogP contribution in [0, 0.1) is 13.8 Å². The SMILES string of the molecule is COC(=O)c1c(C(=O)c2ccccc2Cl)c(C)n(NC(=O)OC(C)(C)C)c1C. The van der Waals surface area contributed by atoms with Crippen LogP contribution in [0.5, 0.6) is 0 Å². The Balaban J connectivity index is 2.59. The Morgan fingerprint density at radius 2 is 1.61 bits per heavy atom. The fraction of sp³-hybridized carbons (Fsp3) is 0.350. The molecule has 0 fully saturated rings. The van der Waals surface area contributed by atoms with Gasteiger partial charge in [0, 0.05) is 11.3 Å². The van der Waals surface area contributed by atoms with Crippen molar-refractivity contribution in [2.45, 2.75) is 40.2 Å². The van der Waals surface area contributed by atoms with Crippen LogP contribution in [-0.2, 0) is 9.47 Å². The topological polar surface area (TPSA) is 86.6 Å². The standard InChI is InChI=1S/C20H23ClN2O5/c1-11-15(17(24)13-9-7-8-10-14(13)21)16(18(25)27-6)12(2)23(11)22-19(26)28-20(3,4)5/h7-10H,1-6H3,(H,22,26). The maximum absolute atomic E-state index is 13.2. The molecule has 7 nitrogen and oxygen atoms in total. The van der Waals surface area contributed by atoms with E-state index in [0.717, 1.165) is 0 Å². The molecule has 0 unspecified atom stereocenters. The van der Waals surface area contributed by atoms with E-state index in [1.165, 1.54) is 11.8 Å². The van der Waals surface area contributed by atoms with E-state index in [-0.39, 0.29) is 21.7 Å². The van der Waals surface area contributed by atoms with Crippen LogP contribution in [0.25, 0.3) is 0 Å². The van der Waals surface area contributed by atoms with Crippen molar-refractivity contribution in [3.05, 3.63) is 57.4 Å². The number of amides is 1. The molecule has 0 aliphatic rings. The number of carbonyl (C=O) groups is 3. The lowest BCUT2D eigenvalue weighted by atomic mass is 9.99. The second-order valence-corrected chi connectivity index (χ2v) is 7.58. The van der Waals surface area contributed by atoms with Gasteiger partial charge in [0.05, 0.1) is 29.0 Å². The highest BCUT2D eigenvalue weighted by Gasteiger charge is 2.30. The van der Waals surface area contributed by atoms with Crippen LogP contribution in [0.4, 0.5) is 4.79 Å². The first-order valence-corrected chi connectivity index (χ1v) is 8.95. The molecule has 2 rings (SSSR count). The van der Waals surface area contributed by atoms with Gasteiger partial charge in [0.15, 0.2) is 5.78 Å². The number of ether oxygens (including phenoxy) is 2. The summed E-state index contributed by atoms with van der Waals surface area (Å²) < 4.78 is 11.4. The van der Waals surface area contributed by atoms with E-state index < -0.39 is 23.4 Å². The maximum atomic E-state index is 13.2. The van der Waals surface area contributed by atoms with Crippen LogP contribution in [0.2, 0.25) is 5.02 Å². The largest absolute Gasteiger partial charge is 0.465 e. The van der Waals surface area contributed by atoms with Crippen molar-refractivity contribution in [1.82, 2.24) is 4.68 Å². The first-order valence-electron chi connectivity index (χ1n) is 8.57. The van der Waals surface area contributed by atoms with Crippen molar-refractivity contribution in [3.8, 4) is 0 Å². The summed E-state index contributed by atoms with van der Waals surface area (Å²) >= 11 is 6.16. The predicted octanol–water partition coefficient (Wildman–Crippen LogP) is 4.25. The van der Waals surface area contributed by atoms with Crippen molar-refractivity contribution in [2.75, 3.05) is 12.5 Å². The van der Waals surface area contributed by atoms with Gasteiger partial charge in [-0.05, 0) is 46.8 Å². The van der Waals surface area contributed by atoms with E-state index in [2.05, 4.69) is 5.43 Å². The molecule has 1 aromatic carbocycles. The normalized spacial score (nSPS) is 11.1. The summed E-state index contributed by atoms with van der Waals surface area (Å²) in [4.78, 5) is 37.8. The van der Waals surface area contributed by atoms with Gasteiger partial charge in [-0.3, -0.25) is 9.47 Å². The van der Waals surface area contributed by atoms with Gasteiger partial charge in [-0.1, -0.05) is 23.7 Å². The molecule has 0 aliphatic heterocycles. The van der Waals surface area contributed by atoms with Gasteiger partial charge in [-0.15, -0.1) is 0 Å². The molecule has 0 atom stereocenters. The lowest BCUT2D eigenvalue weighted by Crippen LogP contribution is -2.32. The third kappa shape index (κ3) is 4.36. The molecule has 1 amide bonds. The van der Waals surface area contributed by atoms with Crippen molar-refractivity contribution < 1.29 is 23.9 Å². The average molecular weight is 407 g/mol. The first kappa shape index (κ1) is 21.5. The Hall–Kier alpha value is -2.80. The van der Waals surface area contributed by atoms with Crippen molar-refractivity contribution in [1.29, 1.82) is 0 Å². The summed E-state index contributed by atoms with van der Waals surface area (Å²) in [5.41, 5.74) is 2.95. The smallest absolute Gasteiger partial charge is 0.426 e. The average Bonchev–Trinajstić information content (AvgIpc) is 2.84. The number of ketones is 1. The van der Waals surface area contributed by atoms with E-state index in [0.29, 0.717) is 11.4 Å². The van der Waals surface area contributed by atoms with Gasteiger partial charge in [-0.2, -0.15) is 0 Å². The molecule has 150 valence electrons. The van der Waals surface area contributed by atoms with Crippen molar-refractivity contribution in [2.24, 2.45) is 0 Å². The van der Waals surface area contributed by atoms with Gasteiger partial charge >= 0.3 is 12.1 Å². The van der Waals surface area contributed by atoms with Crippen molar-refractivity contribution in [3.63, 3.8) is 0 Å². The summed E-state index contributed by atoms with van der Waals surface area (Å²) in [5.74, 6) is -1.14. The number of methoxy groups -OCH3 is 1. The van der Waals surface area contributed by atoms with Crippen LogP contribution in [0.1, 0.15) is 58.4 Å². The molecule has 2 aromatic rings. The monoisotopic (exact) mass is 406 g/mol. The summed E-state index contributed by atoms with van der Waals surface area (Å²) in [6.07, 6.45) is -0.721. The second-order valence-electron chi connectivity index (χ2n) is 7.17. The number of carbonyl (C=O) groups excluding carboxylic acids is 3. The molecule has 0 saturated heterocycles. The van der Waals surface area contributed by atoms with Gasteiger partial charge in [0.1, 0.15) is 5.60 Å². The Bertz CT molecular complexity index is 941. The number of nitrogens with zero attached hydrogens (tertiary/aromatic N) is 1. The fourth-order valence-electron chi connectivity index (χ4n) is 2.81. The predicted molar refractivity (Wildman–Crippen MR) is 106 cm³/mol. The number of hydrogen-bond acceptors (Lipinski definition) is 5. The number of benzene rings is 1. The molecule has 1 heterocycles. The quantitative estimate of drug-likeness (QED) is 0.605. The number of nitrogens with one attached hydrogen (secondary N) is 1. The van der Waals surface area contributed by atoms with E-state index in [9.17, 15) is 14.4 Å². The summed E-state index contributed by atoms with van der Waals surface area (Å²) in [6.45, 7) is 8.40. The van der Waals surface area contributed by atoms with Gasteiger partial charge in [0.25, 0.3) is 0 Å². The molecule has 28 heavy (non-hydrogen) atoms. The highest BCUT2D eigenvalue weighted by Crippen LogP contribution is 2.28. The van der Waals surface area contributed by atoms with Crippen LogP contribution in [-0.4, -0.2) is 35.2 Å². The molecule has 0 saturated carbocycles. The zero-order valence-corrected chi connectivity index (χ0v) is 17.4. The molecule has 0 spiro atoms. The minimum Gasteiger partial charge on any atom is -0.465 e. The van der Waals surface area contributed by atoms with E-state index in [1.54, 1.807) is 58.9 Å². The maximum Gasteiger partial charge on any atom is 0.426 e. The van der Waals surface area contributed by atoms with Gasteiger partial charge in [0.2, 0.25) is 0 Å². The van der Waals surface area contributed by atoms with E-state index in [4.69, 9.17) is 21.1 Å². The van der Waals surface area contributed by atoms with Crippen LogP contribution >= 0.6 is 11.6 Å². The zero-order chi connectivity index (χ0) is 21.2. The van der Waals surface area contributed by atoms with Gasteiger partial charge < -0.3 is 9.47 Å². The third-order valence-corrected chi connectivity index (χ3v) is 4.31. The van der Waals surface area contributed by atoms with Crippen LogP contribution < -0.4 is 5.43 Å². The third-order valence-electron chi connectivity index (χ3n) is 3.98. The number of rotatable bonds is 4. The lowest BCUT2D eigenvalue weighted by molar-refractivity contribution is 0.0587. The summed E-state index contributed by atoms with van der Waals surface area (Å²) in [6, 6.07) is 6.53. The lowest BCUT2D eigenvalue weighted by Gasteiger charge is -2.21. The molecular weight excluding hydrogens is 384 g/mol. The Morgan fingerprint density at radius 1 is 1.04 bits per heavy atom. The minimum atomic E-state index is -0.721. The fourth-order valence-corrected chi connectivity index (χ4v) is 3.03. The molecule has 1 N–H and O–H groups in total. The zero-order valence-electron chi connectivity index (χ0n) is 16.7. The van der Waals surface area contributed by atoms with Crippen LogP contribution in [0.3, 0.4) is 0 Å². The number of halogens is 1. The summed E-state index contributed by atoms with van der Waals surface area (Å²) in [7, 11) is 1.22. The summed E-state index contributed by atoms with van der Waals surface area (Å²) in [5, 5.41) is 0.258. The minimum absolute atomic E-state index is 0.0565. The second kappa shape index (κ2) is 8.06. The Labute approximate surface area is 168 Å². The molecule has 0 radical (unpaired) electrons. The number of esters is 1. The number of hydrogen-bond donors (Lipinski definition) is 1. The molecular formula is C20H23ClN2O5. The number of aromatic nitrogens is 1. The van der Waals surface area contributed by atoms with E-state index >= 15 is 0 Å². The van der Waals surface area contributed by atoms with Gasteiger partial charge in [-0.25, -0.2) is 15.0 Å². The highest BCUT2D eigenvalue weighted by atomic mass is 35.5. The Morgan fingerprint density at radius 3 is 2.14 bits per heavy atom. The Kier molecular flexibility index (Phi) is 6.19. The molecule has 1 aromatic heterocycles. The first-order chi connectivity index (χ1) is 13.0. The molecule has 8 heteroatoms. The molecule has 0 aliphatic carbocycles. The highest BCUT2D eigenvalue weighted by molar-refractivity contribution is 6.35.